The molecule has 1 aromatic carbocycles. The lowest BCUT2D eigenvalue weighted by atomic mass is 10.2. The van der Waals surface area contributed by atoms with E-state index in [4.69, 9.17) is 0 Å². The molecule has 4 nitrogen and oxygen atoms in total. The predicted octanol–water partition coefficient (Wildman–Crippen LogP) is 2.36. The van der Waals surface area contributed by atoms with Crippen LogP contribution in [-0.2, 0) is 4.79 Å². The highest BCUT2D eigenvalue weighted by Crippen LogP contribution is 2.21. The maximum atomic E-state index is 11.1. The van der Waals surface area contributed by atoms with E-state index < -0.39 is 0 Å². The Hall–Kier alpha value is -1.75. The molecule has 0 radical (unpaired) electrons. The molecule has 0 aliphatic heterocycles. The number of aromatic nitrogens is 2. The zero-order valence-electron chi connectivity index (χ0n) is 9.68. The number of amides is 1. The van der Waals surface area contributed by atoms with Gasteiger partial charge in [0.1, 0.15) is 0 Å². The Balaban J connectivity index is 2.37. The normalized spacial score (nSPS) is 10.2. The van der Waals surface area contributed by atoms with Crippen LogP contribution >= 0.6 is 11.8 Å². The number of rotatable bonds is 3. The second kappa shape index (κ2) is 5.05. The number of benzene rings is 1. The number of hydrogen-bond donors (Lipinski definition) is 1. The summed E-state index contributed by atoms with van der Waals surface area (Å²) in [4.78, 5) is 15.5. The maximum absolute atomic E-state index is 11.1. The Kier molecular flexibility index (Phi) is 3.49. The van der Waals surface area contributed by atoms with Crippen LogP contribution in [0.25, 0.3) is 11.3 Å². The fourth-order valence-electron chi connectivity index (χ4n) is 1.50. The molecule has 0 saturated carbocycles. The Morgan fingerprint density at radius 3 is 2.65 bits per heavy atom. The van der Waals surface area contributed by atoms with Crippen LogP contribution in [0.15, 0.2) is 41.7 Å². The summed E-state index contributed by atoms with van der Waals surface area (Å²) < 4.78 is 1.65. The van der Waals surface area contributed by atoms with Crippen molar-refractivity contribution in [3.63, 3.8) is 0 Å². The van der Waals surface area contributed by atoms with Crippen molar-refractivity contribution < 1.29 is 4.79 Å². The van der Waals surface area contributed by atoms with Crippen LogP contribution in [0.4, 0.5) is 0 Å². The lowest BCUT2D eigenvalue weighted by Crippen LogP contribution is -2.19. The van der Waals surface area contributed by atoms with Crippen molar-refractivity contribution in [1.82, 2.24) is 9.66 Å². The van der Waals surface area contributed by atoms with Crippen LogP contribution in [-0.4, -0.2) is 21.8 Å². The van der Waals surface area contributed by atoms with Crippen LogP contribution < -0.4 is 5.43 Å². The van der Waals surface area contributed by atoms with Gasteiger partial charge in [-0.1, -0.05) is 42.1 Å². The average molecular weight is 247 g/mol. The van der Waals surface area contributed by atoms with Gasteiger partial charge in [-0.2, -0.15) is 0 Å². The summed E-state index contributed by atoms with van der Waals surface area (Å²) in [5.74, 6) is -0.114. The van der Waals surface area contributed by atoms with E-state index in [2.05, 4.69) is 10.4 Å². The fraction of sp³-hybridized carbons (Fsp3) is 0.167. The molecular formula is C12H13N3OS. The Morgan fingerprint density at radius 1 is 1.35 bits per heavy atom. The van der Waals surface area contributed by atoms with Crippen molar-refractivity contribution in [3.8, 4) is 11.3 Å². The molecule has 0 fully saturated rings. The van der Waals surface area contributed by atoms with Gasteiger partial charge < -0.3 is 0 Å². The van der Waals surface area contributed by atoms with Crippen molar-refractivity contribution >= 4 is 17.7 Å². The minimum absolute atomic E-state index is 0.114. The summed E-state index contributed by atoms with van der Waals surface area (Å²) in [6, 6.07) is 9.87. The van der Waals surface area contributed by atoms with Gasteiger partial charge in [0, 0.05) is 12.5 Å². The number of thioether (sulfide) groups is 1. The zero-order chi connectivity index (χ0) is 12.3. The summed E-state index contributed by atoms with van der Waals surface area (Å²) in [5.41, 5.74) is 4.59. The quantitative estimate of drug-likeness (QED) is 0.847. The molecule has 1 amide bonds. The van der Waals surface area contributed by atoms with E-state index in [0.29, 0.717) is 0 Å². The highest BCUT2D eigenvalue weighted by molar-refractivity contribution is 7.98. The molecule has 1 aromatic heterocycles. The van der Waals surface area contributed by atoms with Crippen molar-refractivity contribution in [2.45, 2.75) is 12.1 Å². The van der Waals surface area contributed by atoms with Crippen LogP contribution in [0.3, 0.4) is 0 Å². The SMILES string of the molecule is CSc1nc(-c2ccccc2)cn1NC(C)=O. The minimum Gasteiger partial charge on any atom is -0.274 e. The van der Waals surface area contributed by atoms with E-state index in [1.807, 2.05) is 42.8 Å². The third-order valence-corrected chi connectivity index (χ3v) is 2.86. The number of nitrogens with one attached hydrogen (secondary N) is 1. The molecule has 0 unspecified atom stereocenters. The van der Waals surface area contributed by atoms with Gasteiger partial charge in [-0.05, 0) is 6.26 Å². The zero-order valence-corrected chi connectivity index (χ0v) is 10.5. The highest BCUT2D eigenvalue weighted by Gasteiger charge is 2.09. The molecule has 0 bridgehead atoms. The maximum Gasteiger partial charge on any atom is 0.235 e. The van der Waals surface area contributed by atoms with Crippen LogP contribution in [0.2, 0.25) is 0 Å². The van der Waals surface area contributed by atoms with Crippen LogP contribution in [0.1, 0.15) is 6.92 Å². The molecule has 2 aromatic rings. The summed E-state index contributed by atoms with van der Waals surface area (Å²) in [7, 11) is 0. The number of imidazole rings is 1. The monoisotopic (exact) mass is 247 g/mol. The third-order valence-electron chi connectivity index (χ3n) is 2.20. The molecular weight excluding hydrogens is 234 g/mol. The van der Waals surface area contributed by atoms with Gasteiger partial charge in [0.15, 0.2) is 5.16 Å². The molecule has 1 heterocycles. The van der Waals surface area contributed by atoms with Crippen molar-refractivity contribution in [2.24, 2.45) is 0 Å². The summed E-state index contributed by atoms with van der Waals surface area (Å²) in [5, 5.41) is 0.763. The number of nitrogens with zero attached hydrogens (tertiary/aromatic N) is 2. The minimum atomic E-state index is -0.114. The van der Waals surface area contributed by atoms with Gasteiger partial charge in [0.05, 0.1) is 11.9 Å². The van der Waals surface area contributed by atoms with Gasteiger partial charge >= 0.3 is 0 Å². The number of hydrogen-bond acceptors (Lipinski definition) is 3. The molecule has 2 rings (SSSR count). The first-order valence-electron chi connectivity index (χ1n) is 5.17. The molecule has 17 heavy (non-hydrogen) atoms. The van der Waals surface area contributed by atoms with Crippen molar-refractivity contribution in [3.05, 3.63) is 36.5 Å². The van der Waals surface area contributed by atoms with Crippen molar-refractivity contribution in [1.29, 1.82) is 0 Å². The Morgan fingerprint density at radius 2 is 2.06 bits per heavy atom. The van der Waals surface area contributed by atoms with E-state index >= 15 is 0 Å². The van der Waals surface area contributed by atoms with E-state index in [1.165, 1.54) is 18.7 Å². The highest BCUT2D eigenvalue weighted by atomic mass is 32.2. The summed E-state index contributed by atoms with van der Waals surface area (Å²) in [6.45, 7) is 1.48. The summed E-state index contributed by atoms with van der Waals surface area (Å²) >= 11 is 1.49. The fourth-order valence-corrected chi connectivity index (χ4v) is 1.99. The van der Waals surface area contributed by atoms with E-state index in [1.54, 1.807) is 4.68 Å². The average Bonchev–Trinajstić information content (AvgIpc) is 2.72. The van der Waals surface area contributed by atoms with Gasteiger partial charge in [-0.15, -0.1) is 0 Å². The predicted molar refractivity (Wildman–Crippen MR) is 69.5 cm³/mol. The molecule has 0 spiro atoms. The van der Waals surface area contributed by atoms with Gasteiger partial charge in [-0.3, -0.25) is 10.2 Å². The first kappa shape index (κ1) is 11.7. The van der Waals surface area contributed by atoms with E-state index in [0.717, 1.165) is 16.4 Å². The second-order valence-corrected chi connectivity index (χ2v) is 4.29. The van der Waals surface area contributed by atoms with Gasteiger partial charge in [-0.25, -0.2) is 9.66 Å². The van der Waals surface area contributed by atoms with Gasteiger partial charge in [0.2, 0.25) is 5.91 Å². The molecule has 0 atom stereocenters. The second-order valence-electron chi connectivity index (χ2n) is 3.52. The first-order valence-corrected chi connectivity index (χ1v) is 6.39. The third kappa shape index (κ3) is 2.68. The number of carbonyl (C=O) groups is 1. The van der Waals surface area contributed by atoms with Gasteiger partial charge in [0.25, 0.3) is 0 Å². The molecule has 0 aliphatic carbocycles. The standard InChI is InChI=1S/C12H13N3OS/c1-9(16)14-15-8-11(13-12(15)17-2)10-6-4-3-5-7-10/h3-8H,1-2H3,(H,14,16). The molecule has 88 valence electrons. The smallest absolute Gasteiger partial charge is 0.235 e. The molecule has 0 aliphatic rings. The topological polar surface area (TPSA) is 46.9 Å². The largest absolute Gasteiger partial charge is 0.274 e. The Bertz CT molecular complexity index is 522. The van der Waals surface area contributed by atoms with E-state index in [9.17, 15) is 4.79 Å². The lowest BCUT2D eigenvalue weighted by molar-refractivity contribution is -0.115. The van der Waals surface area contributed by atoms with E-state index in [-0.39, 0.29) is 5.91 Å². The van der Waals surface area contributed by atoms with Crippen LogP contribution in [0, 0.1) is 0 Å². The lowest BCUT2D eigenvalue weighted by Gasteiger charge is -2.03. The summed E-state index contributed by atoms with van der Waals surface area (Å²) in [6.07, 6.45) is 3.75. The van der Waals surface area contributed by atoms with Crippen LogP contribution in [0.5, 0.6) is 0 Å². The molecule has 5 heteroatoms. The molecule has 1 N–H and O–H groups in total. The van der Waals surface area contributed by atoms with Crippen molar-refractivity contribution in [2.75, 3.05) is 11.7 Å². The number of carbonyl (C=O) groups excluding carboxylic acids is 1. The molecule has 0 saturated heterocycles. The first-order chi connectivity index (χ1) is 8.20. The Labute approximate surface area is 104 Å².